The maximum Gasteiger partial charge on any atom is 0.252 e. The van der Waals surface area contributed by atoms with Crippen LogP contribution in [0.1, 0.15) is 10.4 Å². The third-order valence-corrected chi connectivity index (χ3v) is 4.61. The Balaban J connectivity index is 1.98. The summed E-state index contributed by atoms with van der Waals surface area (Å²) in [5, 5.41) is 0.921. The highest BCUT2D eigenvalue weighted by molar-refractivity contribution is 6.01. The minimum atomic E-state index is -0.509. The van der Waals surface area contributed by atoms with Crippen molar-refractivity contribution in [3.8, 4) is 11.4 Å². The molecule has 0 spiro atoms. The van der Waals surface area contributed by atoms with Crippen LogP contribution in [0.4, 0.5) is 5.82 Å². The number of rotatable bonds is 4. The summed E-state index contributed by atoms with van der Waals surface area (Å²) < 4.78 is 13.0. The lowest BCUT2D eigenvalue weighted by atomic mass is 10.1. The van der Waals surface area contributed by atoms with Crippen molar-refractivity contribution in [2.24, 2.45) is 5.73 Å². The number of hydrogen-bond donors (Lipinski definition) is 1. The molecule has 0 radical (unpaired) electrons. The number of fused-ring (bicyclic) bond motifs is 1. The molecule has 0 bridgehead atoms. The van der Waals surface area contributed by atoms with Crippen molar-refractivity contribution in [3.63, 3.8) is 0 Å². The number of carbonyl (C=O) groups is 1. The molecule has 0 saturated carbocycles. The molecule has 1 saturated heterocycles. The van der Waals surface area contributed by atoms with Gasteiger partial charge in [0.1, 0.15) is 11.6 Å². The highest BCUT2D eigenvalue weighted by atomic mass is 16.5. The van der Waals surface area contributed by atoms with Crippen LogP contribution in [-0.2, 0) is 4.74 Å². The Morgan fingerprint density at radius 2 is 2.08 bits per heavy atom. The van der Waals surface area contributed by atoms with Crippen LogP contribution in [0.3, 0.4) is 0 Å². The average molecular weight is 352 g/mol. The fourth-order valence-electron chi connectivity index (χ4n) is 3.37. The molecule has 134 valence electrons. The molecule has 0 unspecified atom stereocenters. The van der Waals surface area contributed by atoms with Crippen LogP contribution in [0.5, 0.6) is 5.75 Å². The number of nitrogens with zero attached hydrogens (tertiary/aromatic N) is 3. The normalized spacial score (nSPS) is 14.6. The molecule has 0 atom stereocenters. The van der Waals surface area contributed by atoms with Gasteiger partial charge >= 0.3 is 0 Å². The molecule has 1 fully saturated rings. The number of ether oxygens (including phenoxy) is 2. The second kappa shape index (κ2) is 6.68. The van der Waals surface area contributed by atoms with E-state index in [0.717, 1.165) is 35.5 Å². The van der Waals surface area contributed by atoms with Crippen molar-refractivity contribution in [2.75, 3.05) is 38.3 Å². The summed E-state index contributed by atoms with van der Waals surface area (Å²) in [6.45, 7) is 2.97. The SMILES string of the molecule is COc1cc2c(cc1C(N)=O)cc(N1CCOCC1)n2-c1cccnc1. The summed E-state index contributed by atoms with van der Waals surface area (Å²) in [5.74, 6) is 0.979. The van der Waals surface area contributed by atoms with Gasteiger partial charge in [-0.1, -0.05) is 0 Å². The van der Waals surface area contributed by atoms with Gasteiger partial charge in [-0.2, -0.15) is 0 Å². The van der Waals surface area contributed by atoms with E-state index in [4.69, 9.17) is 15.2 Å². The molecule has 1 aliphatic rings. The van der Waals surface area contributed by atoms with Crippen molar-refractivity contribution in [1.82, 2.24) is 9.55 Å². The van der Waals surface area contributed by atoms with Crippen LogP contribution in [-0.4, -0.2) is 48.9 Å². The van der Waals surface area contributed by atoms with Crippen LogP contribution >= 0.6 is 0 Å². The monoisotopic (exact) mass is 352 g/mol. The van der Waals surface area contributed by atoms with Crippen LogP contribution in [0, 0.1) is 0 Å². The molecule has 1 amide bonds. The molecule has 7 heteroatoms. The standard InChI is InChI=1S/C19H20N4O3/c1-25-17-11-16-13(9-15(17)19(20)24)10-18(22-5-7-26-8-6-22)23(16)14-3-2-4-21-12-14/h2-4,9-12H,5-8H2,1H3,(H2,20,24). The number of methoxy groups -OCH3 is 1. The third-order valence-electron chi connectivity index (χ3n) is 4.61. The Morgan fingerprint density at radius 3 is 2.73 bits per heavy atom. The van der Waals surface area contributed by atoms with E-state index in [-0.39, 0.29) is 0 Å². The summed E-state index contributed by atoms with van der Waals surface area (Å²) in [5.41, 5.74) is 7.76. The molecule has 1 aliphatic heterocycles. The number of benzene rings is 1. The van der Waals surface area contributed by atoms with Crippen LogP contribution in [0.15, 0.2) is 42.7 Å². The molecule has 2 N–H and O–H groups in total. The van der Waals surface area contributed by atoms with Gasteiger partial charge in [0.2, 0.25) is 0 Å². The predicted molar refractivity (Wildman–Crippen MR) is 99.2 cm³/mol. The van der Waals surface area contributed by atoms with Gasteiger partial charge in [-0.15, -0.1) is 0 Å². The van der Waals surface area contributed by atoms with Gasteiger partial charge in [0.05, 0.1) is 43.3 Å². The third kappa shape index (κ3) is 2.76. The lowest BCUT2D eigenvalue weighted by molar-refractivity contribution is 0.0997. The Labute approximate surface area is 150 Å². The van der Waals surface area contributed by atoms with Gasteiger partial charge in [-0.3, -0.25) is 14.3 Å². The van der Waals surface area contributed by atoms with Gasteiger partial charge in [-0.25, -0.2) is 0 Å². The Kier molecular flexibility index (Phi) is 4.22. The van der Waals surface area contributed by atoms with E-state index in [1.165, 1.54) is 7.11 Å². The molecule has 0 aliphatic carbocycles. The maximum atomic E-state index is 11.8. The first-order valence-electron chi connectivity index (χ1n) is 8.45. The molecular weight excluding hydrogens is 332 g/mol. The van der Waals surface area contributed by atoms with E-state index in [2.05, 4.69) is 20.5 Å². The number of morpholine rings is 1. The molecule has 2 aromatic heterocycles. The average Bonchev–Trinajstić information content (AvgIpc) is 3.06. The molecule has 3 aromatic rings. The van der Waals surface area contributed by atoms with Gasteiger partial charge < -0.3 is 20.1 Å². The number of primary amides is 1. The van der Waals surface area contributed by atoms with E-state index in [9.17, 15) is 4.79 Å². The number of carbonyl (C=O) groups excluding carboxylic acids is 1. The lowest BCUT2D eigenvalue weighted by Gasteiger charge is -2.29. The van der Waals surface area contributed by atoms with Gasteiger partial charge in [-0.05, 0) is 24.3 Å². The molecule has 26 heavy (non-hydrogen) atoms. The number of aromatic nitrogens is 2. The zero-order valence-corrected chi connectivity index (χ0v) is 14.5. The summed E-state index contributed by atoms with van der Waals surface area (Å²) in [6.07, 6.45) is 3.56. The van der Waals surface area contributed by atoms with Crippen LogP contribution < -0.4 is 15.4 Å². The first kappa shape index (κ1) is 16.4. The van der Waals surface area contributed by atoms with Crippen molar-refractivity contribution in [3.05, 3.63) is 48.3 Å². The zero-order chi connectivity index (χ0) is 18.1. The molecule has 7 nitrogen and oxygen atoms in total. The van der Waals surface area contributed by atoms with Crippen LogP contribution in [0.25, 0.3) is 16.6 Å². The summed E-state index contributed by atoms with van der Waals surface area (Å²) in [4.78, 5) is 18.3. The summed E-state index contributed by atoms with van der Waals surface area (Å²) >= 11 is 0. The fraction of sp³-hybridized carbons (Fsp3) is 0.263. The zero-order valence-electron chi connectivity index (χ0n) is 14.5. The number of amides is 1. The quantitative estimate of drug-likeness (QED) is 0.776. The molecule has 4 rings (SSSR count). The first-order chi connectivity index (χ1) is 12.7. The highest BCUT2D eigenvalue weighted by Crippen LogP contribution is 2.34. The predicted octanol–water partition coefficient (Wildman–Crippen LogP) is 1.97. The number of hydrogen-bond acceptors (Lipinski definition) is 5. The minimum Gasteiger partial charge on any atom is -0.496 e. The van der Waals surface area contributed by atoms with Gasteiger partial charge in [0.15, 0.2) is 0 Å². The Bertz CT molecular complexity index is 946. The van der Waals surface area contributed by atoms with Crippen molar-refractivity contribution < 1.29 is 14.3 Å². The molecule has 1 aromatic carbocycles. The Hall–Kier alpha value is -3.06. The number of nitrogens with two attached hydrogens (primary N) is 1. The van der Waals surface area contributed by atoms with Crippen LogP contribution in [0.2, 0.25) is 0 Å². The summed E-state index contributed by atoms with van der Waals surface area (Å²) in [6, 6.07) is 9.61. The highest BCUT2D eigenvalue weighted by Gasteiger charge is 2.21. The minimum absolute atomic E-state index is 0.372. The molecular formula is C19H20N4O3. The summed E-state index contributed by atoms with van der Waals surface area (Å²) in [7, 11) is 1.54. The topological polar surface area (TPSA) is 82.6 Å². The first-order valence-corrected chi connectivity index (χ1v) is 8.45. The Morgan fingerprint density at radius 1 is 1.27 bits per heavy atom. The smallest absolute Gasteiger partial charge is 0.252 e. The second-order valence-electron chi connectivity index (χ2n) is 6.12. The molecule has 3 heterocycles. The second-order valence-corrected chi connectivity index (χ2v) is 6.12. The fourth-order valence-corrected chi connectivity index (χ4v) is 3.37. The van der Waals surface area contributed by atoms with Crippen molar-refractivity contribution in [1.29, 1.82) is 0 Å². The van der Waals surface area contributed by atoms with Crippen molar-refractivity contribution >= 4 is 22.6 Å². The number of anilines is 1. The lowest BCUT2D eigenvalue weighted by Crippen LogP contribution is -2.37. The van der Waals surface area contributed by atoms with E-state index >= 15 is 0 Å². The largest absolute Gasteiger partial charge is 0.496 e. The van der Waals surface area contributed by atoms with E-state index in [1.807, 2.05) is 24.4 Å². The van der Waals surface area contributed by atoms with E-state index < -0.39 is 5.91 Å². The number of pyridine rings is 1. The van der Waals surface area contributed by atoms with E-state index in [0.29, 0.717) is 24.5 Å². The maximum absolute atomic E-state index is 11.8. The van der Waals surface area contributed by atoms with E-state index in [1.54, 1.807) is 12.3 Å². The van der Waals surface area contributed by atoms with Gasteiger partial charge in [0.25, 0.3) is 5.91 Å². The van der Waals surface area contributed by atoms with Gasteiger partial charge in [0, 0.05) is 30.7 Å². The van der Waals surface area contributed by atoms with Crippen molar-refractivity contribution in [2.45, 2.75) is 0 Å².